The summed E-state index contributed by atoms with van der Waals surface area (Å²) in [4.78, 5) is 26.2. The molecule has 8 heteroatoms. The highest BCUT2D eigenvalue weighted by Crippen LogP contribution is 2.47. The van der Waals surface area contributed by atoms with Gasteiger partial charge in [-0.1, -0.05) is 11.6 Å². The van der Waals surface area contributed by atoms with Crippen LogP contribution in [-0.2, 0) is 4.79 Å². The number of piperazine rings is 1. The fraction of sp³-hybridized carbons (Fsp3) is 0.412. The fourth-order valence-electron chi connectivity index (χ4n) is 3.55. The van der Waals surface area contributed by atoms with Crippen LogP contribution in [0.25, 0.3) is 0 Å². The SMILES string of the molecule is O=C(O)C1=C[N+]([O-])(C2CC2)c2cc(Cl)c(N3CCNCC3)cc2C1=O. The molecule has 4 rings (SSSR count). The molecule has 1 aliphatic carbocycles. The van der Waals surface area contributed by atoms with Crippen molar-refractivity contribution in [3.8, 4) is 0 Å². The number of hydroxylamine groups is 2. The van der Waals surface area contributed by atoms with E-state index >= 15 is 0 Å². The van der Waals surface area contributed by atoms with Crippen LogP contribution >= 0.6 is 11.6 Å². The highest BCUT2D eigenvalue weighted by molar-refractivity contribution is 6.35. The molecule has 0 spiro atoms. The van der Waals surface area contributed by atoms with Gasteiger partial charge in [0, 0.05) is 45.1 Å². The van der Waals surface area contributed by atoms with Gasteiger partial charge in [-0.05, 0) is 6.07 Å². The Morgan fingerprint density at radius 1 is 1.32 bits per heavy atom. The third kappa shape index (κ3) is 2.64. The molecule has 2 fully saturated rings. The summed E-state index contributed by atoms with van der Waals surface area (Å²) in [5, 5.41) is 26.4. The van der Waals surface area contributed by atoms with E-state index in [2.05, 4.69) is 5.32 Å². The van der Waals surface area contributed by atoms with Crippen LogP contribution in [0.15, 0.2) is 23.9 Å². The highest BCUT2D eigenvalue weighted by Gasteiger charge is 2.46. The van der Waals surface area contributed by atoms with Crippen molar-refractivity contribution in [3.05, 3.63) is 39.7 Å². The molecule has 2 N–H and O–H groups in total. The minimum absolute atomic E-state index is 0.153. The molecule has 1 aromatic rings. The molecule has 0 bridgehead atoms. The molecule has 3 aliphatic rings. The topological polar surface area (TPSA) is 92.7 Å². The van der Waals surface area contributed by atoms with Gasteiger partial charge in [-0.15, -0.1) is 0 Å². The van der Waals surface area contributed by atoms with E-state index in [-0.39, 0.29) is 17.3 Å². The highest BCUT2D eigenvalue weighted by atomic mass is 35.5. The summed E-state index contributed by atoms with van der Waals surface area (Å²) in [6, 6.07) is 2.89. The second-order valence-corrected chi connectivity index (χ2v) is 7.08. The standard InChI is InChI=1S/C17H18ClN3O4/c18-13-8-15-11(7-14(13)20-5-3-19-4-6-20)16(22)12(17(23)24)9-21(15,25)10-1-2-10/h7-10,19H,1-6H2,(H,23,24). The van der Waals surface area contributed by atoms with E-state index < -0.39 is 22.0 Å². The van der Waals surface area contributed by atoms with Gasteiger partial charge < -0.3 is 20.5 Å². The molecule has 1 aromatic carbocycles. The lowest BCUT2D eigenvalue weighted by atomic mass is 9.96. The number of carbonyl (C=O) groups is 2. The number of carbonyl (C=O) groups excluding carboxylic acids is 1. The predicted octanol–water partition coefficient (Wildman–Crippen LogP) is 1.88. The van der Waals surface area contributed by atoms with E-state index in [1.165, 1.54) is 0 Å². The molecular formula is C17H18ClN3O4. The minimum Gasteiger partial charge on any atom is -0.622 e. The number of anilines is 1. The van der Waals surface area contributed by atoms with Gasteiger partial charge in [0.2, 0.25) is 5.78 Å². The lowest BCUT2D eigenvalue weighted by molar-refractivity contribution is -0.132. The Morgan fingerprint density at radius 3 is 2.60 bits per heavy atom. The third-order valence-corrected chi connectivity index (χ3v) is 5.33. The number of carboxylic acid groups (broad SMARTS) is 1. The number of fused-ring (bicyclic) bond motifs is 1. The lowest BCUT2D eigenvalue weighted by Crippen LogP contribution is -2.46. The second kappa shape index (κ2) is 5.81. The number of nitrogens with one attached hydrogen (secondary N) is 1. The first-order valence-electron chi connectivity index (χ1n) is 8.32. The van der Waals surface area contributed by atoms with E-state index in [9.17, 15) is 19.9 Å². The Bertz CT molecular complexity index is 799. The normalized spacial score (nSPS) is 26.2. The number of quaternary nitrogens is 1. The smallest absolute Gasteiger partial charge is 0.345 e. The van der Waals surface area contributed by atoms with Crippen molar-refractivity contribution in [1.29, 1.82) is 0 Å². The second-order valence-electron chi connectivity index (χ2n) is 6.68. The average Bonchev–Trinajstić information content (AvgIpc) is 3.44. The molecule has 1 saturated heterocycles. The summed E-state index contributed by atoms with van der Waals surface area (Å²) >= 11 is 6.43. The number of Topliss-reactive ketones (excluding diaryl/α,β-unsaturated/α-hetero) is 1. The van der Waals surface area contributed by atoms with E-state index in [0.717, 1.165) is 32.4 Å². The maximum atomic E-state index is 13.4. The number of hydrogen-bond donors (Lipinski definition) is 2. The number of carboxylic acids is 1. The number of aliphatic carboxylic acids is 1. The van der Waals surface area contributed by atoms with Crippen molar-refractivity contribution >= 4 is 34.7 Å². The van der Waals surface area contributed by atoms with Gasteiger partial charge in [-0.2, -0.15) is 0 Å². The zero-order valence-electron chi connectivity index (χ0n) is 13.5. The van der Waals surface area contributed by atoms with Crippen molar-refractivity contribution in [3.63, 3.8) is 0 Å². The van der Waals surface area contributed by atoms with Crippen molar-refractivity contribution in [1.82, 2.24) is 9.96 Å². The van der Waals surface area contributed by atoms with Gasteiger partial charge in [0.05, 0.1) is 22.3 Å². The fourth-order valence-corrected chi connectivity index (χ4v) is 3.83. The van der Waals surface area contributed by atoms with Crippen LogP contribution in [0.3, 0.4) is 0 Å². The quantitative estimate of drug-likeness (QED) is 0.484. The number of halogens is 1. The van der Waals surface area contributed by atoms with Crippen molar-refractivity contribution < 1.29 is 14.7 Å². The molecule has 1 saturated carbocycles. The number of nitrogens with zero attached hydrogens (tertiary/aromatic N) is 2. The molecule has 2 heterocycles. The van der Waals surface area contributed by atoms with Crippen molar-refractivity contribution in [2.24, 2.45) is 0 Å². The summed E-state index contributed by atoms with van der Waals surface area (Å²) in [5.74, 6) is -1.99. The maximum absolute atomic E-state index is 13.4. The molecule has 2 aliphatic heterocycles. The molecule has 132 valence electrons. The Morgan fingerprint density at radius 2 is 2.00 bits per heavy atom. The Balaban J connectivity index is 1.86. The van der Waals surface area contributed by atoms with E-state index in [0.29, 0.717) is 23.6 Å². The summed E-state index contributed by atoms with van der Waals surface area (Å²) in [5.41, 5.74) is 0.619. The van der Waals surface area contributed by atoms with E-state index in [4.69, 9.17) is 11.6 Å². The molecular weight excluding hydrogens is 346 g/mol. The van der Waals surface area contributed by atoms with Crippen molar-refractivity contribution in [2.45, 2.75) is 18.9 Å². The lowest BCUT2D eigenvalue weighted by Gasteiger charge is -2.42. The van der Waals surface area contributed by atoms with Gasteiger partial charge in [-0.3, -0.25) is 9.44 Å². The van der Waals surface area contributed by atoms with Crippen LogP contribution in [-0.4, -0.2) is 49.1 Å². The van der Waals surface area contributed by atoms with Crippen molar-refractivity contribution in [2.75, 3.05) is 31.1 Å². The summed E-state index contributed by atoms with van der Waals surface area (Å²) < 4.78 is -0.912. The van der Waals surface area contributed by atoms with Crippen LogP contribution in [0.1, 0.15) is 23.2 Å². The monoisotopic (exact) mass is 363 g/mol. The first-order chi connectivity index (χ1) is 11.9. The zero-order valence-corrected chi connectivity index (χ0v) is 14.3. The largest absolute Gasteiger partial charge is 0.622 e. The third-order valence-electron chi connectivity index (χ3n) is 5.03. The van der Waals surface area contributed by atoms with Gasteiger partial charge in [0.1, 0.15) is 6.20 Å². The zero-order chi connectivity index (χ0) is 17.8. The Hall–Kier alpha value is -1.93. The molecule has 25 heavy (non-hydrogen) atoms. The minimum atomic E-state index is -1.37. The molecule has 0 amide bonds. The summed E-state index contributed by atoms with van der Waals surface area (Å²) in [6.45, 7) is 3.05. The first-order valence-corrected chi connectivity index (χ1v) is 8.69. The number of rotatable bonds is 3. The number of benzene rings is 1. The van der Waals surface area contributed by atoms with Crippen LogP contribution in [0, 0.1) is 5.21 Å². The molecule has 1 atom stereocenters. The van der Waals surface area contributed by atoms with Crippen LogP contribution in [0.5, 0.6) is 0 Å². The van der Waals surface area contributed by atoms with Crippen LogP contribution < -0.4 is 14.9 Å². The van der Waals surface area contributed by atoms with Gasteiger partial charge in [0.15, 0.2) is 11.3 Å². The first kappa shape index (κ1) is 16.5. The summed E-state index contributed by atoms with van der Waals surface area (Å²) in [6.07, 6.45) is 2.45. The number of ketones is 1. The molecule has 0 aromatic heterocycles. The Kier molecular flexibility index (Phi) is 3.84. The van der Waals surface area contributed by atoms with Gasteiger partial charge in [0.25, 0.3) is 0 Å². The molecule has 1 unspecified atom stereocenters. The van der Waals surface area contributed by atoms with Crippen LogP contribution in [0.2, 0.25) is 5.02 Å². The maximum Gasteiger partial charge on any atom is 0.345 e. The van der Waals surface area contributed by atoms with Crippen LogP contribution in [0.4, 0.5) is 11.4 Å². The van der Waals surface area contributed by atoms with E-state index in [1.54, 1.807) is 12.1 Å². The predicted molar refractivity (Wildman–Crippen MR) is 94.8 cm³/mol. The van der Waals surface area contributed by atoms with Gasteiger partial charge >= 0.3 is 5.97 Å². The molecule has 0 radical (unpaired) electrons. The molecule has 7 nitrogen and oxygen atoms in total. The van der Waals surface area contributed by atoms with E-state index in [1.807, 2.05) is 4.90 Å². The average molecular weight is 364 g/mol. The van der Waals surface area contributed by atoms with Gasteiger partial charge in [-0.25, -0.2) is 4.79 Å². The summed E-state index contributed by atoms with van der Waals surface area (Å²) in [7, 11) is 0. The number of hydrogen-bond acceptors (Lipinski definition) is 5. The Labute approximate surface area is 149 Å².